The van der Waals surface area contributed by atoms with Crippen molar-refractivity contribution in [3.05, 3.63) is 23.7 Å². The van der Waals surface area contributed by atoms with E-state index in [-0.39, 0.29) is 11.9 Å². The van der Waals surface area contributed by atoms with Crippen LogP contribution in [-0.2, 0) is 11.2 Å². The van der Waals surface area contributed by atoms with E-state index in [0.29, 0.717) is 25.4 Å². The maximum absolute atomic E-state index is 11.8. The second-order valence-electron chi connectivity index (χ2n) is 7.40. The summed E-state index contributed by atoms with van der Waals surface area (Å²) in [5.41, 5.74) is 0. The van der Waals surface area contributed by atoms with Crippen LogP contribution < -0.4 is 0 Å². The Morgan fingerprint density at radius 3 is 2.83 bits per heavy atom. The number of aliphatic hydroxyl groups excluding tert-OH is 1. The molecule has 3 heterocycles. The molecule has 2 aliphatic heterocycles. The highest BCUT2D eigenvalue weighted by Crippen LogP contribution is 2.35. The van der Waals surface area contributed by atoms with Gasteiger partial charge in [0.1, 0.15) is 11.5 Å². The largest absolute Gasteiger partial charge is 0.464 e. The monoisotopic (exact) mass is 334 g/mol. The summed E-state index contributed by atoms with van der Waals surface area (Å²) in [5, 5.41) is 10.5. The van der Waals surface area contributed by atoms with Gasteiger partial charge < -0.3 is 14.4 Å². The minimum Gasteiger partial charge on any atom is -0.464 e. The quantitative estimate of drug-likeness (QED) is 0.869. The fourth-order valence-electron chi connectivity index (χ4n) is 3.95. The Balaban J connectivity index is 1.63. The number of β-amino-alcohol motifs (C(OH)–C–C–N with tert-alkyl or cyclic N) is 1. The van der Waals surface area contributed by atoms with Crippen molar-refractivity contribution in [3.63, 3.8) is 0 Å². The molecule has 5 heteroatoms. The standard InChI is InChI=1S/C19H30N2O3/c1-3-16-6-7-18(24-16)17-11-14(2)8-10-20(17)12-15(22)13-21-9-4-5-19(21)23/h6-7,14-15,17,22H,3-5,8-13H2,1-2H3/t14-,15+,17+/m1/s1. The summed E-state index contributed by atoms with van der Waals surface area (Å²) >= 11 is 0. The van der Waals surface area contributed by atoms with Crippen LogP contribution in [0.15, 0.2) is 16.5 Å². The molecule has 0 aliphatic carbocycles. The van der Waals surface area contributed by atoms with Crippen LogP contribution in [0, 0.1) is 5.92 Å². The number of aliphatic hydroxyl groups is 1. The van der Waals surface area contributed by atoms with Crippen LogP contribution >= 0.6 is 0 Å². The molecule has 5 nitrogen and oxygen atoms in total. The molecule has 3 atom stereocenters. The number of hydrogen-bond donors (Lipinski definition) is 1. The molecule has 2 fully saturated rings. The fourth-order valence-corrected chi connectivity index (χ4v) is 3.95. The van der Waals surface area contributed by atoms with Crippen LogP contribution in [0.4, 0.5) is 0 Å². The van der Waals surface area contributed by atoms with Gasteiger partial charge in [0.05, 0.1) is 12.1 Å². The Labute approximate surface area is 144 Å². The van der Waals surface area contributed by atoms with E-state index in [1.54, 1.807) is 4.90 Å². The first-order valence-corrected chi connectivity index (χ1v) is 9.35. The van der Waals surface area contributed by atoms with Gasteiger partial charge >= 0.3 is 0 Å². The average Bonchev–Trinajstić information content (AvgIpc) is 3.19. The van der Waals surface area contributed by atoms with Gasteiger partial charge in [0.2, 0.25) is 5.91 Å². The highest BCUT2D eigenvalue weighted by atomic mass is 16.3. The number of piperidine rings is 1. The zero-order chi connectivity index (χ0) is 17.1. The number of rotatable bonds is 6. The Bertz CT molecular complexity index is 557. The SMILES string of the molecule is CCc1ccc([C@@H]2C[C@H](C)CCN2C[C@H](O)CN2CCCC2=O)o1. The molecule has 0 saturated carbocycles. The smallest absolute Gasteiger partial charge is 0.222 e. The third-order valence-corrected chi connectivity index (χ3v) is 5.38. The van der Waals surface area contributed by atoms with Crippen molar-refractivity contribution in [2.75, 3.05) is 26.2 Å². The van der Waals surface area contributed by atoms with Gasteiger partial charge in [-0.25, -0.2) is 0 Å². The molecule has 0 bridgehead atoms. The van der Waals surface area contributed by atoms with Crippen LogP contribution in [0.25, 0.3) is 0 Å². The molecular weight excluding hydrogens is 304 g/mol. The van der Waals surface area contributed by atoms with Crippen LogP contribution in [0.5, 0.6) is 0 Å². The maximum atomic E-state index is 11.8. The molecule has 2 aliphatic rings. The number of carbonyl (C=O) groups is 1. The summed E-state index contributed by atoms with van der Waals surface area (Å²) in [7, 11) is 0. The summed E-state index contributed by atoms with van der Waals surface area (Å²) in [6.07, 6.45) is 4.16. The summed E-state index contributed by atoms with van der Waals surface area (Å²) in [6, 6.07) is 4.38. The van der Waals surface area contributed by atoms with Crippen molar-refractivity contribution in [3.8, 4) is 0 Å². The Hall–Kier alpha value is -1.33. The maximum Gasteiger partial charge on any atom is 0.222 e. The predicted octanol–water partition coefficient (Wildman–Crippen LogP) is 2.60. The van der Waals surface area contributed by atoms with Crippen molar-refractivity contribution in [1.29, 1.82) is 0 Å². The molecule has 134 valence electrons. The number of amides is 1. The van der Waals surface area contributed by atoms with E-state index in [1.165, 1.54) is 0 Å². The highest BCUT2D eigenvalue weighted by Gasteiger charge is 2.32. The second-order valence-corrected chi connectivity index (χ2v) is 7.40. The number of furan rings is 1. The number of aryl methyl sites for hydroxylation is 1. The van der Waals surface area contributed by atoms with Crippen LogP contribution in [-0.4, -0.2) is 53.1 Å². The normalized spacial score (nSPS) is 27.0. The van der Waals surface area contributed by atoms with Crippen molar-refractivity contribution in [1.82, 2.24) is 9.80 Å². The van der Waals surface area contributed by atoms with Crippen molar-refractivity contribution < 1.29 is 14.3 Å². The second kappa shape index (κ2) is 7.70. The Kier molecular flexibility index (Phi) is 5.61. The molecule has 1 N–H and O–H groups in total. The highest BCUT2D eigenvalue weighted by molar-refractivity contribution is 5.78. The molecule has 0 aromatic carbocycles. The number of hydrogen-bond acceptors (Lipinski definition) is 4. The van der Waals surface area contributed by atoms with Gasteiger partial charge in [-0.05, 0) is 43.9 Å². The molecule has 1 aromatic rings. The van der Waals surface area contributed by atoms with Gasteiger partial charge in [-0.15, -0.1) is 0 Å². The topological polar surface area (TPSA) is 56.9 Å². The van der Waals surface area contributed by atoms with Crippen molar-refractivity contribution in [2.24, 2.45) is 5.92 Å². The summed E-state index contributed by atoms with van der Waals surface area (Å²) < 4.78 is 6.00. The Morgan fingerprint density at radius 1 is 1.33 bits per heavy atom. The van der Waals surface area contributed by atoms with Gasteiger partial charge in [-0.2, -0.15) is 0 Å². The summed E-state index contributed by atoms with van der Waals surface area (Å²) in [4.78, 5) is 15.9. The first-order chi connectivity index (χ1) is 11.6. The zero-order valence-corrected chi connectivity index (χ0v) is 14.9. The predicted molar refractivity (Wildman–Crippen MR) is 92.6 cm³/mol. The van der Waals surface area contributed by atoms with E-state index < -0.39 is 6.10 Å². The molecule has 0 spiro atoms. The van der Waals surface area contributed by atoms with Gasteiger partial charge in [0.25, 0.3) is 0 Å². The lowest BCUT2D eigenvalue weighted by Crippen LogP contribution is -2.44. The minimum atomic E-state index is -0.497. The molecule has 1 amide bonds. The van der Waals surface area contributed by atoms with Crippen molar-refractivity contribution >= 4 is 5.91 Å². The van der Waals surface area contributed by atoms with Gasteiger partial charge in [-0.3, -0.25) is 9.69 Å². The van der Waals surface area contributed by atoms with Crippen molar-refractivity contribution in [2.45, 2.75) is 58.1 Å². The summed E-state index contributed by atoms with van der Waals surface area (Å²) in [6.45, 7) is 7.20. The van der Waals surface area contributed by atoms with Crippen LogP contribution in [0.3, 0.4) is 0 Å². The van der Waals surface area contributed by atoms with E-state index in [1.807, 2.05) is 0 Å². The average molecular weight is 334 g/mol. The molecule has 0 unspecified atom stereocenters. The first kappa shape index (κ1) is 17.5. The lowest BCUT2D eigenvalue weighted by atomic mass is 9.91. The third kappa shape index (κ3) is 4.01. The molecule has 1 aromatic heterocycles. The lowest BCUT2D eigenvalue weighted by Gasteiger charge is -2.38. The molecule has 0 radical (unpaired) electrons. The van der Waals surface area contributed by atoms with E-state index >= 15 is 0 Å². The third-order valence-electron chi connectivity index (χ3n) is 5.38. The van der Waals surface area contributed by atoms with Gasteiger partial charge in [0.15, 0.2) is 0 Å². The van der Waals surface area contributed by atoms with Crippen LogP contribution in [0.1, 0.15) is 57.1 Å². The van der Waals surface area contributed by atoms with E-state index in [2.05, 4.69) is 30.9 Å². The molecular formula is C19H30N2O3. The zero-order valence-electron chi connectivity index (χ0n) is 14.9. The number of carbonyl (C=O) groups excluding carboxylic acids is 1. The lowest BCUT2D eigenvalue weighted by molar-refractivity contribution is -0.129. The molecule has 3 rings (SSSR count). The van der Waals surface area contributed by atoms with Gasteiger partial charge in [-0.1, -0.05) is 13.8 Å². The fraction of sp³-hybridized carbons (Fsp3) is 0.737. The Morgan fingerprint density at radius 2 is 2.17 bits per heavy atom. The summed E-state index contributed by atoms with van der Waals surface area (Å²) in [5.74, 6) is 2.88. The first-order valence-electron chi connectivity index (χ1n) is 9.35. The minimum absolute atomic E-state index is 0.177. The molecule has 24 heavy (non-hydrogen) atoms. The van der Waals surface area contributed by atoms with Crippen LogP contribution in [0.2, 0.25) is 0 Å². The molecule has 2 saturated heterocycles. The van der Waals surface area contributed by atoms with Gasteiger partial charge in [0, 0.05) is 32.5 Å². The number of nitrogens with zero attached hydrogens (tertiary/aromatic N) is 2. The van der Waals surface area contributed by atoms with E-state index in [0.717, 1.165) is 50.3 Å². The van der Waals surface area contributed by atoms with E-state index in [4.69, 9.17) is 4.42 Å². The van der Waals surface area contributed by atoms with E-state index in [9.17, 15) is 9.90 Å². The number of likely N-dealkylation sites (tertiary alicyclic amines) is 2.